The fourth-order valence-electron chi connectivity index (χ4n) is 3.75. The van der Waals surface area contributed by atoms with Crippen LogP contribution in [-0.4, -0.2) is 31.9 Å². The zero-order valence-corrected chi connectivity index (χ0v) is 14.5. The van der Waals surface area contributed by atoms with Crippen LogP contribution in [0.3, 0.4) is 0 Å². The van der Waals surface area contributed by atoms with Gasteiger partial charge in [-0.05, 0) is 61.3 Å². The van der Waals surface area contributed by atoms with Gasteiger partial charge in [0.05, 0.1) is 0 Å². The summed E-state index contributed by atoms with van der Waals surface area (Å²) in [5.74, 6) is 0.778. The molecule has 3 heterocycles. The lowest BCUT2D eigenvalue weighted by molar-refractivity contribution is 0.275. The molecule has 2 atom stereocenters. The SMILES string of the molecule is C1=C(c2noc3ccc(C4CC4)cc23)CC2CCC1N2.O=P(O)(O)O. The fourth-order valence-corrected chi connectivity index (χ4v) is 3.75. The second-order valence-electron chi connectivity index (χ2n) is 7.02. The number of phosphoric acid groups is 1. The molecule has 0 radical (unpaired) electrons. The average Bonchev–Trinajstić information content (AvgIpc) is 3.22. The average molecular weight is 364 g/mol. The zero-order chi connectivity index (χ0) is 17.6. The van der Waals surface area contributed by atoms with E-state index in [1.807, 2.05) is 0 Å². The number of rotatable bonds is 2. The molecule has 7 nitrogen and oxygen atoms in total. The van der Waals surface area contributed by atoms with Crippen molar-refractivity contribution in [3.05, 3.63) is 35.5 Å². The van der Waals surface area contributed by atoms with Crippen LogP contribution in [0.1, 0.15) is 49.3 Å². The van der Waals surface area contributed by atoms with Crippen LogP contribution in [0.15, 0.2) is 28.8 Å². The summed E-state index contributed by atoms with van der Waals surface area (Å²) < 4.78 is 14.4. The molecule has 2 bridgehead atoms. The zero-order valence-electron chi connectivity index (χ0n) is 13.6. The van der Waals surface area contributed by atoms with Gasteiger partial charge in [0.1, 0.15) is 5.69 Å². The summed E-state index contributed by atoms with van der Waals surface area (Å²) in [6.07, 6.45) is 8.67. The molecule has 5 rings (SSSR count). The first-order valence-corrected chi connectivity index (χ1v) is 10.1. The summed E-state index contributed by atoms with van der Waals surface area (Å²) in [6, 6.07) is 7.79. The highest BCUT2D eigenvalue weighted by Crippen LogP contribution is 2.42. The Labute approximate surface area is 145 Å². The molecule has 1 aliphatic carbocycles. The predicted octanol–water partition coefficient (Wildman–Crippen LogP) is 2.68. The van der Waals surface area contributed by atoms with Gasteiger partial charge >= 0.3 is 7.82 Å². The first-order valence-electron chi connectivity index (χ1n) is 8.51. The second kappa shape index (κ2) is 6.34. The third-order valence-corrected chi connectivity index (χ3v) is 4.99. The molecule has 25 heavy (non-hydrogen) atoms. The molecule has 2 unspecified atom stereocenters. The van der Waals surface area contributed by atoms with Crippen LogP contribution in [0.25, 0.3) is 16.5 Å². The minimum atomic E-state index is -4.64. The number of hydrogen-bond donors (Lipinski definition) is 4. The molecule has 2 aliphatic heterocycles. The molecule has 3 aliphatic rings. The van der Waals surface area contributed by atoms with E-state index in [0.717, 1.165) is 23.6 Å². The van der Waals surface area contributed by atoms with Crippen molar-refractivity contribution in [1.29, 1.82) is 0 Å². The molecule has 1 aromatic carbocycles. The lowest BCUT2D eigenvalue weighted by atomic mass is 9.97. The Morgan fingerprint density at radius 3 is 2.60 bits per heavy atom. The van der Waals surface area contributed by atoms with E-state index in [9.17, 15) is 0 Å². The van der Waals surface area contributed by atoms with Crippen LogP contribution >= 0.6 is 7.82 Å². The van der Waals surface area contributed by atoms with Crippen LogP contribution in [-0.2, 0) is 4.57 Å². The maximum Gasteiger partial charge on any atom is 0.466 e. The van der Waals surface area contributed by atoms with Crippen LogP contribution in [0.2, 0.25) is 0 Å². The number of hydrogen-bond acceptors (Lipinski definition) is 4. The molecule has 8 heteroatoms. The monoisotopic (exact) mass is 364 g/mol. The van der Waals surface area contributed by atoms with Gasteiger partial charge in [0.15, 0.2) is 5.58 Å². The van der Waals surface area contributed by atoms with Gasteiger partial charge in [0.2, 0.25) is 0 Å². The topological polar surface area (TPSA) is 116 Å². The van der Waals surface area contributed by atoms with Crippen LogP contribution in [0.4, 0.5) is 0 Å². The molecule has 134 valence electrons. The minimum Gasteiger partial charge on any atom is -0.356 e. The Kier molecular flexibility index (Phi) is 4.30. The van der Waals surface area contributed by atoms with Crippen LogP contribution in [0.5, 0.6) is 0 Å². The van der Waals surface area contributed by atoms with Gasteiger partial charge < -0.3 is 24.5 Å². The first kappa shape index (κ1) is 16.9. The van der Waals surface area contributed by atoms with Gasteiger partial charge in [-0.15, -0.1) is 0 Å². The van der Waals surface area contributed by atoms with E-state index in [1.54, 1.807) is 0 Å². The van der Waals surface area contributed by atoms with Crippen molar-refractivity contribution in [2.24, 2.45) is 0 Å². The van der Waals surface area contributed by atoms with E-state index >= 15 is 0 Å². The van der Waals surface area contributed by atoms with Gasteiger partial charge in [-0.3, -0.25) is 0 Å². The third kappa shape index (κ3) is 4.02. The summed E-state index contributed by atoms with van der Waals surface area (Å²) in [6.45, 7) is 0. The molecule has 4 N–H and O–H groups in total. The van der Waals surface area contributed by atoms with Crippen molar-refractivity contribution >= 4 is 24.4 Å². The molecule has 0 amide bonds. The van der Waals surface area contributed by atoms with Gasteiger partial charge in [-0.1, -0.05) is 17.3 Å². The number of fused-ring (bicyclic) bond motifs is 3. The van der Waals surface area contributed by atoms with Crippen molar-refractivity contribution < 1.29 is 23.8 Å². The normalized spacial score (nSPS) is 25.5. The van der Waals surface area contributed by atoms with Crippen molar-refractivity contribution in [3.63, 3.8) is 0 Å². The smallest absolute Gasteiger partial charge is 0.356 e. The molecular weight excluding hydrogens is 343 g/mol. The van der Waals surface area contributed by atoms with Crippen molar-refractivity contribution in [1.82, 2.24) is 10.5 Å². The van der Waals surface area contributed by atoms with E-state index in [4.69, 9.17) is 23.8 Å². The molecule has 1 saturated heterocycles. The maximum atomic E-state index is 8.88. The highest BCUT2D eigenvalue weighted by atomic mass is 31.2. The molecule has 0 spiro atoms. The third-order valence-electron chi connectivity index (χ3n) is 4.99. The first-order chi connectivity index (χ1) is 11.9. The minimum absolute atomic E-state index is 0.544. The lowest BCUT2D eigenvalue weighted by Gasteiger charge is -2.20. The number of nitrogens with one attached hydrogen (secondary N) is 1. The van der Waals surface area contributed by atoms with Gasteiger partial charge in [0, 0.05) is 17.5 Å². The summed E-state index contributed by atoms with van der Waals surface area (Å²) in [5, 5.41) is 9.21. The summed E-state index contributed by atoms with van der Waals surface area (Å²) in [5.41, 5.74) is 4.85. The number of aromatic nitrogens is 1. The van der Waals surface area contributed by atoms with Crippen molar-refractivity contribution in [2.45, 2.75) is 50.1 Å². The highest BCUT2D eigenvalue weighted by Gasteiger charge is 2.30. The Morgan fingerprint density at radius 1 is 1.16 bits per heavy atom. The Bertz CT molecular complexity index is 859. The van der Waals surface area contributed by atoms with Crippen LogP contribution in [0, 0.1) is 0 Å². The Morgan fingerprint density at radius 2 is 1.92 bits per heavy atom. The molecule has 1 aromatic heterocycles. The van der Waals surface area contributed by atoms with Gasteiger partial charge in [-0.25, -0.2) is 4.57 Å². The Balaban J connectivity index is 0.000000280. The number of benzene rings is 1. The molecule has 1 saturated carbocycles. The summed E-state index contributed by atoms with van der Waals surface area (Å²) in [7, 11) is -4.64. The predicted molar refractivity (Wildman–Crippen MR) is 92.8 cm³/mol. The van der Waals surface area contributed by atoms with E-state index in [1.165, 1.54) is 42.2 Å². The fraction of sp³-hybridized carbons (Fsp3) is 0.471. The second-order valence-corrected chi connectivity index (χ2v) is 8.04. The molecular formula is C17H21N2O5P. The molecule has 2 fully saturated rings. The largest absolute Gasteiger partial charge is 0.466 e. The molecule has 2 aromatic rings. The van der Waals surface area contributed by atoms with Crippen molar-refractivity contribution in [3.8, 4) is 0 Å². The quantitative estimate of drug-likeness (QED) is 0.606. The van der Waals surface area contributed by atoms with E-state index in [-0.39, 0.29) is 0 Å². The van der Waals surface area contributed by atoms with E-state index in [2.05, 4.69) is 34.7 Å². The maximum absolute atomic E-state index is 8.88. The van der Waals surface area contributed by atoms with Crippen molar-refractivity contribution in [2.75, 3.05) is 0 Å². The summed E-state index contributed by atoms with van der Waals surface area (Å²) >= 11 is 0. The lowest BCUT2D eigenvalue weighted by Crippen LogP contribution is -2.32. The van der Waals surface area contributed by atoms with Crippen LogP contribution < -0.4 is 5.32 Å². The van der Waals surface area contributed by atoms with E-state index in [0.29, 0.717) is 12.1 Å². The van der Waals surface area contributed by atoms with E-state index < -0.39 is 7.82 Å². The van der Waals surface area contributed by atoms with Gasteiger partial charge in [0.25, 0.3) is 0 Å². The Hall–Kier alpha value is -1.50. The van der Waals surface area contributed by atoms with Gasteiger partial charge in [-0.2, -0.15) is 0 Å². The number of nitrogens with zero attached hydrogens (tertiary/aromatic N) is 1. The highest BCUT2D eigenvalue weighted by molar-refractivity contribution is 7.45. The summed E-state index contributed by atoms with van der Waals surface area (Å²) in [4.78, 5) is 21.6. The standard InChI is InChI=1S/C17H18N2O.H3O4P/c1-2-10(1)11-3-6-16-15(9-11)17(19-20-16)12-7-13-4-5-14(8-12)18-13;1-5(2,3)4/h3,6-7,9-10,13-14,18H,1-2,4-5,8H2;(H3,1,2,3,4).